The second-order valence-corrected chi connectivity index (χ2v) is 7.71. The molecule has 2 rings (SSSR count). The average molecular weight is 341 g/mol. The molecule has 0 aromatic heterocycles. The Morgan fingerprint density at radius 1 is 1.17 bits per heavy atom. The van der Waals surface area contributed by atoms with Crippen molar-refractivity contribution in [2.75, 3.05) is 46.4 Å². The summed E-state index contributed by atoms with van der Waals surface area (Å²) in [5, 5.41) is 0. The van der Waals surface area contributed by atoms with Crippen molar-refractivity contribution >= 4 is 10.0 Å². The zero-order chi connectivity index (χ0) is 16.9. The van der Waals surface area contributed by atoms with E-state index in [4.69, 9.17) is 4.74 Å². The van der Waals surface area contributed by atoms with E-state index in [1.54, 1.807) is 24.3 Å². The van der Waals surface area contributed by atoms with Crippen LogP contribution in [0.3, 0.4) is 0 Å². The minimum Gasteiger partial charge on any atom is -0.494 e. The lowest BCUT2D eigenvalue weighted by Gasteiger charge is -2.36. The summed E-state index contributed by atoms with van der Waals surface area (Å²) in [6.45, 7) is 8.93. The Kier molecular flexibility index (Phi) is 6.41. The summed E-state index contributed by atoms with van der Waals surface area (Å²) in [5.74, 6) is 0.678. The highest BCUT2D eigenvalue weighted by Crippen LogP contribution is 2.16. The molecule has 1 aliphatic rings. The van der Waals surface area contributed by atoms with Crippen molar-refractivity contribution in [2.45, 2.75) is 24.8 Å². The summed E-state index contributed by atoms with van der Waals surface area (Å²) in [6.07, 6.45) is 0. The number of hydrogen-bond acceptors (Lipinski definition) is 5. The molecule has 1 heterocycles. The first-order valence-corrected chi connectivity index (χ1v) is 9.56. The third kappa shape index (κ3) is 5.17. The molecule has 7 heteroatoms. The monoisotopic (exact) mass is 341 g/mol. The Bertz CT molecular complexity index is 581. The Morgan fingerprint density at radius 3 is 2.35 bits per heavy atom. The quantitative estimate of drug-likeness (QED) is 0.802. The topological polar surface area (TPSA) is 61.9 Å². The van der Waals surface area contributed by atoms with Crippen molar-refractivity contribution in [1.82, 2.24) is 14.5 Å². The van der Waals surface area contributed by atoms with E-state index in [2.05, 4.69) is 28.5 Å². The molecule has 1 unspecified atom stereocenters. The number of sulfonamides is 1. The van der Waals surface area contributed by atoms with Crippen LogP contribution in [0.15, 0.2) is 29.2 Å². The van der Waals surface area contributed by atoms with Gasteiger partial charge in [-0.2, -0.15) is 0 Å². The predicted octanol–water partition coefficient (Wildman–Crippen LogP) is 1.000. The molecule has 0 saturated carbocycles. The zero-order valence-electron chi connectivity index (χ0n) is 14.2. The Labute approximate surface area is 139 Å². The van der Waals surface area contributed by atoms with E-state index < -0.39 is 10.0 Å². The van der Waals surface area contributed by atoms with Gasteiger partial charge in [-0.15, -0.1) is 0 Å². The lowest BCUT2D eigenvalue weighted by Crippen LogP contribution is -2.51. The van der Waals surface area contributed by atoms with Gasteiger partial charge in [0.05, 0.1) is 11.5 Å². The van der Waals surface area contributed by atoms with Crippen molar-refractivity contribution in [1.29, 1.82) is 0 Å². The first-order valence-electron chi connectivity index (χ1n) is 8.07. The van der Waals surface area contributed by atoms with Crippen molar-refractivity contribution in [3.63, 3.8) is 0 Å². The van der Waals surface area contributed by atoms with Gasteiger partial charge >= 0.3 is 0 Å². The molecule has 1 aromatic carbocycles. The standard InChI is InChI=1S/C16H27N3O3S/c1-4-22-15-5-7-16(8-6-15)23(20,21)17-13-14(2)19-11-9-18(3)10-12-19/h5-8,14,17H,4,9-13H2,1-3H3. The van der Waals surface area contributed by atoms with Gasteiger partial charge in [0.25, 0.3) is 0 Å². The minimum atomic E-state index is -3.48. The number of nitrogens with one attached hydrogen (secondary N) is 1. The smallest absolute Gasteiger partial charge is 0.240 e. The number of piperazine rings is 1. The van der Waals surface area contributed by atoms with Gasteiger partial charge in [0, 0.05) is 38.8 Å². The SMILES string of the molecule is CCOc1ccc(S(=O)(=O)NCC(C)N2CCN(C)CC2)cc1. The molecule has 1 N–H and O–H groups in total. The fourth-order valence-electron chi connectivity index (χ4n) is 2.59. The van der Waals surface area contributed by atoms with Crippen molar-refractivity contribution in [3.8, 4) is 5.75 Å². The molecular weight excluding hydrogens is 314 g/mol. The zero-order valence-corrected chi connectivity index (χ0v) is 15.0. The molecule has 130 valence electrons. The van der Waals surface area contributed by atoms with Gasteiger partial charge in [-0.05, 0) is 45.2 Å². The van der Waals surface area contributed by atoms with Gasteiger partial charge < -0.3 is 9.64 Å². The minimum absolute atomic E-state index is 0.182. The summed E-state index contributed by atoms with van der Waals surface area (Å²) in [7, 11) is -1.37. The molecular formula is C16H27N3O3S. The van der Waals surface area contributed by atoms with Crippen molar-refractivity contribution < 1.29 is 13.2 Å². The van der Waals surface area contributed by atoms with Crippen LogP contribution in [0, 0.1) is 0 Å². The lowest BCUT2D eigenvalue weighted by atomic mass is 10.2. The summed E-state index contributed by atoms with van der Waals surface area (Å²) in [5.41, 5.74) is 0. The van der Waals surface area contributed by atoms with Crippen LogP contribution in [-0.4, -0.2) is 70.6 Å². The van der Waals surface area contributed by atoms with E-state index >= 15 is 0 Å². The molecule has 1 fully saturated rings. The number of nitrogens with zero attached hydrogens (tertiary/aromatic N) is 2. The van der Waals surface area contributed by atoms with Gasteiger partial charge in [-0.25, -0.2) is 13.1 Å². The second-order valence-electron chi connectivity index (χ2n) is 5.94. The number of likely N-dealkylation sites (N-methyl/N-ethyl adjacent to an activating group) is 1. The molecule has 1 atom stereocenters. The van der Waals surface area contributed by atoms with E-state index in [0.717, 1.165) is 26.2 Å². The number of benzene rings is 1. The van der Waals surface area contributed by atoms with Gasteiger partial charge in [-0.1, -0.05) is 0 Å². The van der Waals surface area contributed by atoms with E-state index in [1.807, 2.05) is 6.92 Å². The molecule has 0 amide bonds. The van der Waals surface area contributed by atoms with Crippen molar-refractivity contribution in [3.05, 3.63) is 24.3 Å². The van der Waals surface area contributed by atoms with E-state index in [9.17, 15) is 8.42 Å². The van der Waals surface area contributed by atoms with Crippen LogP contribution in [0.4, 0.5) is 0 Å². The van der Waals surface area contributed by atoms with Crippen LogP contribution in [0.25, 0.3) is 0 Å². The van der Waals surface area contributed by atoms with E-state index in [0.29, 0.717) is 18.9 Å². The third-order valence-corrected chi connectivity index (χ3v) is 5.61. The van der Waals surface area contributed by atoms with Crippen molar-refractivity contribution in [2.24, 2.45) is 0 Å². The highest BCUT2D eigenvalue weighted by Gasteiger charge is 2.21. The van der Waals surface area contributed by atoms with Gasteiger partial charge in [0.1, 0.15) is 5.75 Å². The lowest BCUT2D eigenvalue weighted by molar-refractivity contribution is 0.120. The Hall–Kier alpha value is -1.15. The van der Waals surface area contributed by atoms with Crippen LogP contribution in [0.2, 0.25) is 0 Å². The molecule has 0 bridgehead atoms. The largest absolute Gasteiger partial charge is 0.494 e. The number of rotatable bonds is 7. The molecule has 1 aliphatic heterocycles. The normalized spacial score (nSPS) is 18.7. The summed E-state index contributed by atoms with van der Waals surface area (Å²) in [6, 6.07) is 6.70. The second kappa shape index (κ2) is 8.10. The maximum absolute atomic E-state index is 12.4. The predicted molar refractivity (Wildman–Crippen MR) is 91.3 cm³/mol. The van der Waals surface area contributed by atoms with Crippen LogP contribution in [-0.2, 0) is 10.0 Å². The van der Waals surface area contributed by atoms with Gasteiger partial charge in [0.2, 0.25) is 10.0 Å². The first kappa shape index (κ1) is 18.2. The first-order chi connectivity index (χ1) is 10.9. The molecule has 0 radical (unpaired) electrons. The molecule has 0 aliphatic carbocycles. The molecule has 1 aromatic rings. The molecule has 1 saturated heterocycles. The molecule has 6 nitrogen and oxygen atoms in total. The highest BCUT2D eigenvalue weighted by molar-refractivity contribution is 7.89. The van der Waals surface area contributed by atoms with E-state index in [1.165, 1.54) is 0 Å². The van der Waals surface area contributed by atoms with Crippen LogP contribution >= 0.6 is 0 Å². The third-order valence-electron chi connectivity index (χ3n) is 4.18. The van der Waals surface area contributed by atoms with E-state index in [-0.39, 0.29) is 10.9 Å². The summed E-state index contributed by atoms with van der Waals surface area (Å²) >= 11 is 0. The average Bonchev–Trinajstić information content (AvgIpc) is 2.54. The summed E-state index contributed by atoms with van der Waals surface area (Å²) < 4.78 is 32.8. The fraction of sp³-hybridized carbons (Fsp3) is 0.625. The highest BCUT2D eigenvalue weighted by atomic mass is 32.2. The Balaban J connectivity index is 1.90. The fourth-order valence-corrected chi connectivity index (χ4v) is 3.71. The maximum Gasteiger partial charge on any atom is 0.240 e. The molecule has 23 heavy (non-hydrogen) atoms. The van der Waals surface area contributed by atoms with Crippen LogP contribution in [0.1, 0.15) is 13.8 Å². The molecule has 0 spiro atoms. The summed E-state index contributed by atoms with van der Waals surface area (Å²) in [4.78, 5) is 4.88. The number of hydrogen-bond donors (Lipinski definition) is 1. The number of ether oxygens (including phenoxy) is 1. The Morgan fingerprint density at radius 2 is 1.78 bits per heavy atom. The maximum atomic E-state index is 12.4. The van der Waals surface area contributed by atoms with Gasteiger partial charge in [0.15, 0.2) is 0 Å². The van der Waals surface area contributed by atoms with Crippen LogP contribution in [0.5, 0.6) is 5.75 Å². The van der Waals surface area contributed by atoms with Crippen LogP contribution < -0.4 is 9.46 Å². The van der Waals surface area contributed by atoms with Gasteiger partial charge in [-0.3, -0.25) is 4.90 Å².